The lowest BCUT2D eigenvalue weighted by molar-refractivity contribution is -0.146. The van der Waals surface area contributed by atoms with Crippen molar-refractivity contribution in [2.45, 2.75) is 64.8 Å². The van der Waals surface area contributed by atoms with E-state index in [9.17, 15) is 19.2 Å². The molecule has 0 radical (unpaired) electrons. The molecule has 214 valence electrons. The van der Waals surface area contributed by atoms with Crippen LogP contribution in [0.3, 0.4) is 0 Å². The van der Waals surface area contributed by atoms with E-state index >= 15 is 0 Å². The zero-order chi connectivity index (χ0) is 28.3. The molecular weight excluding hydrogens is 498 g/mol. The number of piperazine rings is 1. The lowest BCUT2D eigenvalue weighted by Crippen LogP contribution is -2.53. The van der Waals surface area contributed by atoms with Crippen molar-refractivity contribution in [3.05, 3.63) is 29.8 Å². The molecule has 10 heteroatoms. The molecule has 3 amide bonds. The molecule has 39 heavy (non-hydrogen) atoms. The number of hydrogen-bond acceptors (Lipinski definition) is 7. The molecule has 4 atom stereocenters. The van der Waals surface area contributed by atoms with Crippen LogP contribution in [-0.4, -0.2) is 104 Å². The van der Waals surface area contributed by atoms with Crippen LogP contribution in [0.1, 0.15) is 50.9 Å². The number of ether oxygens (including phenoxy) is 1. The van der Waals surface area contributed by atoms with Crippen LogP contribution in [-0.2, 0) is 19.1 Å². The Kier molecular flexibility index (Phi) is 9.27. The van der Waals surface area contributed by atoms with Gasteiger partial charge in [-0.15, -0.1) is 0 Å². The van der Waals surface area contributed by atoms with Crippen molar-refractivity contribution in [2.75, 3.05) is 51.3 Å². The Morgan fingerprint density at radius 1 is 1.00 bits per heavy atom. The molecule has 4 unspecified atom stereocenters. The Morgan fingerprint density at radius 2 is 1.67 bits per heavy atom. The molecule has 3 aliphatic heterocycles. The van der Waals surface area contributed by atoms with E-state index in [1.807, 2.05) is 39.8 Å². The van der Waals surface area contributed by atoms with Gasteiger partial charge >= 0.3 is 0 Å². The average Bonchev–Trinajstić information content (AvgIpc) is 3.49. The third-order valence-electron chi connectivity index (χ3n) is 8.01. The second-order valence-electron chi connectivity index (χ2n) is 11.6. The van der Waals surface area contributed by atoms with Crippen molar-refractivity contribution in [1.29, 1.82) is 0 Å². The fourth-order valence-corrected chi connectivity index (χ4v) is 6.06. The van der Waals surface area contributed by atoms with E-state index in [4.69, 9.17) is 4.74 Å². The second-order valence-corrected chi connectivity index (χ2v) is 11.6. The molecule has 0 aromatic heterocycles. The number of anilines is 1. The summed E-state index contributed by atoms with van der Waals surface area (Å²) in [6.07, 6.45) is 0.345. The summed E-state index contributed by atoms with van der Waals surface area (Å²) < 4.78 is 5.42. The Labute approximate surface area is 231 Å². The van der Waals surface area contributed by atoms with Gasteiger partial charge in [-0.05, 0) is 48.9 Å². The fraction of sp³-hybridized carbons (Fsp3) is 0.655. The smallest absolute Gasteiger partial charge is 0.252 e. The first kappa shape index (κ1) is 29.0. The highest BCUT2D eigenvalue weighted by Gasteiger charge is 2.53. The fourth-order valence-electron chi connectivity index (χ4n) is 6.06. The highest BCUT2D eigenvalue weighted by molar-refractivity contribution is 6.01. The quantitative estimate of drug-likeness (QED) is 0.485. The molecule has 0 saturated carbocycles. The zero-order valence-corrected chi connectivity index (χ0v) is 23.8. The summed E-state index contributed by atoms with van der Waals surface area (Å²) in [7, 11) is 1.50. The average molecular weight is 542 g/mol. The van der Waals surface area contributed by atoms with E-state index in [1.165, 1.54) is 7.11 Å². The van der Waals surface area contributed by atoms with Crippen molar-refractivity contribution >= 4 is 29.2 Å². The van der Waals surface area contributed by atoms with E-state index < -0.39 is 18.2 Å². The predicted octanol–water partition coefficient (Wildman–Crippen LogP) is 1.29. The van der Waals surface area contributed by atoms with Gasteiger partial charge in [-0.3, -0.25) is 19.2 Å². The van der Waals surface area contributed by atoms with Gasteiger partial charge in [0, 0.05) is 51.1 Å². The number of nitrogens with zero attached hydrogens (tertiary/aromatic N) is 3. The van der Waals surface area contributed by atoms with Gasteiger partial charge in [-0.2, -0.15) is 0 Å². The Hall–Kier alpha value is -2.98. The molecule has 3 heterocycles. The molecular formula is C29H43N5O5. The summed E-state index contributed by atoms with van der Waals surface area (Å²) in [5.74, 6) is -0.816. The number of amides is 3. The van der Waals surface area contributed by atoms with E-state index in [-0.39, 0.29) is 47.9 Å². The molecule has 0 bridgehead atoms. The summed E-state index contributed by atoms with van der Waals surface area (Å²) in [5, 5.41) is 6.28. The largest absolute Gasteiger partial charge is 0.371 e. The normalized spacial score (nSPS) is 22.8. The number of likely N-dealkylation sites (tertiary alicyclic amines) is 2. The highest BCUT2D eigenvalue weighted by atomic mass is 16.5. The monoisotopic (exact) mass is 541 g/mol. The SMILES string of the molecule is COC(C(=O)N1CC(=O)C2C1CCN2C(=O)C(CC(C)C)NC(=O)c1ccc(N2CCNCC2)cc1)C(C)C. The van der Waals surface area contributed by atoms with E-state index in [2.05, 4.69) is 15.5 Å². The van der Waals surface area contributed by atoms with Crippen LogP contribution in [0.4, 0.5) is 5.69 Å². The van der Waals surface area contributed by atoms with E-state index in [1.54, 1.807) is 21.9 Å². The van der Waals surface area contributed by atoms with Gasteiger partial charge in [0.05, 0.1) is 12.6 Å². The Bertz CT molecular complexity index is 1050. The lowest BCUT2D eigenvalue weighted by atomic mass is 10.0. The number of ketones is 1. The number of benzene rings is 1. The van der Waals surface area contributed by atoms with Crippen molar-refractivity contribution in [1.82, 2.24) is 20.4 Å². The molecule has 2 N–H and O–H groups in total. The summed E-state index contributed by atoms with van der Waals surface area (Å²) in [6.45, 7) is 11.8. The van der Waals surface area contributed by atoms with Crippen molar-refractivity contribution in [3.8, 4) is 0 Å². The molecule has 10 nitrogen and oxygen atoms in total. The van der Waals surface area contributed by atoms with Gasteiger partial charge in [0.2, 0.25) is 5.91 Å². The van der Waals surface area contributed by atoms with Crippen LogP contribution in [0.5, 0.6) is 0 Å². The third kappa shape index (κ3) is 6.27. The maximum absolute atomic E-state index is 13.8. The van der Waals surface area contributed by atoms with Gasteiger partial charge < -0.3 is 30.1 Å². The second kappa shape index (κ2) is 12.5. The third-order valence-corrected chi connectivity index (χ3v) is 8.01. The lowest BCUT2D eigenvalue weighted by Gasteiger charge is -2.30. The summed E-state index contributed by atoms with van der Waals surface area (Å²) >= 11 is 0. The summed E-state index contributed by atoms with van der Waals surface area (Å²) in [4.78, 5) is 58.7. The number of nitrogens with one attached hydrogen (secondary N) is 2. The topological polar surface area (TPSA) is 111 Å². The van der Waals surface area contributed by atoms with Crippen LogP contribution in [0.2, 0.25) is 0 Å². The van der Waals surface area contributed by atoms with Crippen LogP contribution >= 0.6 is 0 Å². The molecule has 0 aliphatic carbocycles. The highest BCUT2D eigenvalue weighted by Crippen LogP contribution is 2.32. The minimum absolute atomic E-state index is 0.0227. The maximum atomic E-state index is 13.8. The van der Waals surface area contributed by atoms with Crippen LogP contribution < -0.4 is 15.5 Å². The molecule has 3 aliphatic rings. The van der Waals surface area contributed by atoms with Crippen molar-refractivity contribution in [3.63, 3.8) is 0 Å². The minimum atomic E-state index is -0.760. The first-order chi connectivity index (χ1) is 18.6. The number of fused-ring (bicyclic) bond motifs is 1. The van der Waals surface area contributed by atoms with Gasteiger partial charge in [-0.1, -0.05) is 27.7 Å². The summed E-state index contributed by atoms with van der Waals surface area (Å²) in [5.41, 5.74) is 1.56. The molecule has 1 aromatic carbocycles. The van der Waals surface area contributed by atoms with Crippen molar-refractivity contribution < 1.29 is 23.9 Å². The number of hydrogen-bond donors (Lipinski definition) is 2. The van der Waals surface area contributed by atoms with Gasteiger partial charge in [0.1, 0.15) is 18.2 Å². The van der Waals surface area contributed by atoms with Gasteiger partial charge in [0.15, 0.2) is 5.78 Å². The molecule has 1 aromatic rings. The Balaban J connectivity index is 1.46. The van der Waals surface area contributed by atoms with E-state index in [0.29, 0.717) is 24.9 Å². The number of carbonyl (C=O) groups excluding carboxylic acids is 4. The molecule has 0 spiro atoms. The number of Topliss-reactive ketones (excluding diaryl/α,β-unsaturated/α-hetero) is 1. The van der Waals surface area contributed by atoms with Gasteiger partial charge in [-0.25, -0.2) is 0 Å². The maximum Gasteiger partial charge on any atom is 0.252 e. The molecule has 4 rings (SSSR count). The van der Waals surface area contributed by atoms with Gasteiger partial charge in [0.25, 0.3) is 11.8 Å². The Morgan fingerprint density at radius 3 is 2.26 bits per heavy atom. The standard InChI is InChI=1S/C29H43N5O5/c1-18(2)16-22(31-27(36)20-6-8-21(9-7-20)32-14-11-30-12-15-32)28(37)33-13-10-23-25(33)24(35)17-34(23)29(38)26(39-5)19(3)4/h6-9,18-19,22-23,25-26,30H,10-17H2,1-5H3,(H,31,36). The first-order valence-corrected chi connectivity index (χ1v) is 14.2. The van der Waals surface area contributed by atoms with Crippen LogP contribution in [0, 0.1) is 11.8 Å². The van der Waals surface area contributed by atoms with Crippen LogP contribution in [0.25, 0.3) is 0 Å². The van der Waals surface area contributed by atoms with E-state index in [0.717, 1.165) is 31.9 Å². The minimum Gasteiger partial charge on any atom is -0.371 e. The van der Waals surface area contributed by atoms with Crippen LogP contribution in [0.15, 0.2) is 24.3 Å². The molecule has 3 saturated heterocycles. The first-order valence-electron chi connectivity index (χ1n) is 14.2. The number of rotatable bonds is 9. The number of carbonyl (C=O) groups is 4. The van der Waals surface area contributed by atoms with Crippen molar-refractivity contribution in [2.24, 2.45) is 11.8 Å². The predicted molar refractivity (Wildman–Crippen MR) is 148 cm³/mol. The summed E-state index contributed by atoms with van der Waals surface area (Å²) in [6, 6.07) is 5.66. The zero-order valence-electron chi connectivity index (χ0n) is 23.8. The number of methoxy groups -OCH3 is 1. The molecule has 3 fully saturated rings.